The summed E-state index contributed by atoms with van der Waals surface area (Å²) in [7, 11) is 0. The van der Waals surface area contributed by atoms with E-state index in [-0.39, 0.29) is 0 Å². The van der Waals surface area contributed by atoms with Crippen molar-refractivity contribution in [3.63, 3.8) is 0 Å². The van der Waals surface area contributed by atoms with Crippen molar-refractivity contribution in [3.05, 3.63) is 71.4 Å². The van der Waals surface area contributed by atoms with E-state index in [1.807, 2.05) is 62.4 Å². The van der Waals surface area contributed by atoms with Gasteiger partial charge in [-0.3, -0.25) is 0 Å². The molecule has 118 valence electrons. The Labute approximate surface area is 141 Å². The van der Waals surface area contributed by atoms with Crippen molar-refractivity contribution in [3.8, 4) is 6.07 Å². The fraction of sp³-hybridized carbons (Fsp3) is 0.105. The number of aryl methyl sites for hydroxylation is 2. The minimum absolute atomic E-state index is 0.451. The van der Waals surface area contributed by atoms with Gasteiger partial charge in [0.2, 0.25) is 5.95 Å². The molecule has 24 heavy (non-hydrogen) atoms. The fourth-order valence-corrected chi connectivity index (χ4v) is 2.28. The molecule has 0 amide bonds. The molecule has 3 rings (SSSR count). The van der Waals surface area contributed by atoms with Gasteiger partial charge in [0.05, 0.1) is 11.3 Å². The van der Waals surface area contributed by atoms with Crippen molar-refractivity contribution in [1.82, 2.24) is 9.97 Å². The van der Waals surface area contributed by atoms with Gasteiger partial charge < -0.3 is 10.6 Å². The second-order valence-corrected chi connectivity index (χ2v) is 5.49. The molecule has 0 saturated carbocycles. The highest BCUT2D eigenvalue weighted by atomic mass is 15.1. The molecule has 0 aliphatic rings. The molecule has 3 aromatic rings. The monoisotopic (exact) mass is 315 g/mol. The van der Waals surface area contributed by atoms with Crippen molar-refractivity contribution >= 4 is 23.1 Å². The predicted molar refractivity (Wildman–Crippen MR) is 95.7 cm³/mol. The zero-order valence-electron chi connectivity index (χ0n) is 13.5. The van der Waals surface area contributed by atoms with E-state index in [2.05, 4.69) is 26.7 Å². The molecule has 2 aromatic carbocycles. The molecule has 0 fully saturated rings. The number of para-hydroxylation sites is 1. The number of benzene rings is 2. The van der Waals surface area contributed by atoms with Crippen LogP contribution in [0, 0.1) is 25.2 Å². The topological polar surface area (TPSA) is 73.6 Å². The van der Waals surface area contributed by atoms with Crippen LogP contribution in [-0.4, -0.2) is 9.97 Å². The molecule has 0 unspecified atom stereocenters. The van der Waals surface area contributed by atoms with Gasteiger partial charge in [0.1, 0.15) is 11.9 Å². The number of nitrogens with one attached hydrogen (secondary N) is 2. The quantitative estimate of drug-likeness (QED) is 0.744. The van der Waals surface area contributed by atoms with Gasteiger partial charge in [-0.25, -0.2) is 4.98 Å². The molecule has 1 aromatic heterocycles. The summed E-state index contributed by atoms with van der Waals surface area (Å²) in [6.07, 6.45) is 0. The maximum absolute atomic E-state index is 9.18. The second kappa shape index (κ2) is 6.80. The zero-order valence-corrected chi connectivity index (χ0v) is 13.5. The van der Waals surface area contributed by atoms with Crippen LogP contribution in [0.1, 0.15) is 16.8 Å². The van der Waals surface area contributed by atoms with Crippen LogP contribution >= 0.6 is 0 Å². The SMILES string of the molecule is Cc1ccc(Nc2cc(C)nc(Nc3ccccc3C#N)n2)cc1. The smallest absolute Gasteiger partial charge is 0.229 e. The average molecular weight is 315 g/mol. The molecule has 5 heteroatoms. The summed E-state index contributed by atoms with van der Waals surface area (Å²) in [5, 5.41) is 15.6. The number of nitriles is 1. The predicted octanol–water partition coefficient (Wildman–Crippen LogP) is 4.45. The van der Waals surface area contributed by atoms with Gasteiger partial charge in [-0.15, -0.1) is 0 Å². The number of hydrogen-bond donors (Lipinski definition) is 2. The molecule has 0 saturated heterocycles. The van der Waals surface area contributed by atoms with E-state index in [1.165, 1.54) is 5.56 Å². The Morgan fingerprint density at radius 1 is 0.917 bits per heavy atom. The van der Waals surface area contributed by atoms with Crippen molar-refractivity contribution < 1.29 is 0 Å². The lowest BCUT2D eigenvalue weighted by atomic mass is 10.2. The molecule has 0 aliphatic heterocycles. The molecule has 0 atom stereocenters. The van der Waals surface area contributed by atoms with Crippen LogP contribution in [0.2, 0.25) is 0 Å². The highest BCUT2D eigenvalue weighted by molar-refractivity contribution is 5.64. The molecule has 0 radical (unpaired) electrons. The van der Waals surface area contributed by atoms with Gasteiger partial charge >= 0.3 is 0 Å². The van der Waals surface area contributed by atoms with E-state index in [1.54, 1.807) is 6.07 Å². The minimum atomic E-state index is 0.451. The fourth-order valence-electron chi connectivity index (χ4n) is 2.28. The first-order chi connectivity index (χ1) is 11.6. The van der Waals surface area contributed by atoms with Crippen molar-refractivity contribution in [2.24, 2.45) is 0 Å². The summed E-state index contributed by atoms with van der Waals surface area (Å²) in [4.78, 5) is 8.87. The number of rotatable bonds is 4. The van der Waals surface area contributed by atoms with Crippen LogP contribution in [0.15, 0.2) is 54.6 Å². The summed E-state index contributed by atoms with van der Waals surface area (Å²) < 4.78 is 0. The number of anilines is 4. The first kappa shape index (κ1) is 15.5. The van der Waals surface area contributed by atoms with E-state index in [4.69, 9.17) is 0 Å². The van der Waals surface area contributed by atoms with Gasteiger partial charge in [-0.2, -0.15) is 10.2 Å². The molecule has 0 bridgehead atoms. The Morgan fingerprint density at radius 2 is 1.67 bits per heavy atom. The van der Waals surface area contributed by atoms with Crippen LogP contribution in [-0.2, 0) is 0 Å². The first-order valence-electron chi connectivity index (χ1n) is 7.59. The third kappa shape index (κ3) is 3.68. The Kier molecular flexibility index (Phi) is 4.39. The molecular formula is C19H17N5. The van der Waals surface area contributed by atoms with E-state index in [0.29, 0.717) is 23.0 Å². The lowest BCUT2D eigenvalue weighted by Gasteiger charge is -2.11. The number of nitrogens with zero attached hydrogens (tertiary/aromatic N) is 3. The van der Waals surface area contributed by atoms with Crippen LogP contribution < -0.4 is 10.6 Å². The Hall–Kier alpha value is -3.39. The highest BCUT2D eigenvalue weighted by Gasteiger charge is 2.06. The molecule has 5 nitrogen and oxygen atoms in total. The summed E-state index contributed by atoms with van der Waals surface area (Å²) in [5.41, 5.74) is 4.23. The van der Waals surface area contributed by atoms with Crippen LogP contribution in [0.3, 0.4) is 0 Å². The second-order valence-electron chi connectivity index (χ2n) is 5.49. The Balaban J connectivity index is 1.86. The summed E-state index contributed by atoms with van der Waals surface area (Å²) in [5.74, 6) is 1.15. The summed E-state index contributed by atoms with van der Waals surface area (Å²) in [6.45, 7) is 3.96. The standard InChI is InChI=1S/C19H17N5/c1-13-7-9-16(10-8-13)22-18-11-14(2)21-19(24-18)23-17-6-4-3-5-15(17)12-20/h3-11H,1-2H3,(H2,21,22,23,24). The van der Waals surface area contributed by atoms with E-state index in [0.717, 1.165) is 11.4 Å². The van der Waals surface area contributed by atoms with Crippen molar-refractivity contribution in [1.29, 1.82) is 5.26 Å². The van der Waals surface area contributed by atoms with Crippen molar-refractivity contribution in [2.45, 2.75) is 13.8 Å². The summed E-state index contributed by atoms with van der Waals surface area (Å²) in [6, 6.07) is 19.4. The van der Waals surface area contributed by atoms with Crippen LogP contribution in [0.4, 0.5) is 23.1 Å². The molecule has 0 spiro atoms. The third-order valence-corrected chi connectivity index (χ3v) is 3.47. The molecular weight excluding hydrogens is 298 g/mol. The van der Waals surface area contributed by atoms with Gasteiger partial charge in [-0.1, -0.05) is 29.8 Å². The van der Waals surface area contributed by atoms with Crippen molar-refractivity contribution in [2.75, 3.05) is 10.6 Å². The minimum Gasteiger partial charge on any atom is -0.340 e. The summed E-state index contributed by atoms with van der Waals surface area (Å²) >= 11 is 0. The normalized spacial score (nSPS) is 10.0. The van der Waals surface area contributed by atoms with E-state index < -0.39 is 0 Å². The van der Waals surface area contributed by atoms with Gasteiger partial charge in [0.15, 0.2) is 0 Å². The Bertz CT molecular complexity index is 894. The number of aromatic nitrogens is 2. The Morgan fingerprint density at radius 3 is 2.42 bits per heavy atom. The first-order valence-corrected chi connectivity index (χ1v) is 7.59. The van der Waals surface area contributed by atoms with Gasteiger partial charge in [0, 0.05) is 17.4 Å². The molecule has 0 aliphatic carbocycles. The largest absolute Gasteiger partial charge is 0.340 e. The molecule has 1 heterocycles. The average Bonchev–Trinajstić information content (AvgIpc) is 2.57. The highest BCUT2D eigenvalue weighted by Crippen LogP contribution is 2.21. The van der Waals surface area contributed by atoms with Crippen LogP contribution in [0.5, 0.6) is 0 Å². The van der Waals surface area contributed by atoms with Crippen LogP contribution in [0.25, 0.3) is 0 Å². The maximum Gasteiger partial charge on any atom is 0.229 e. The molecule has 2 N–H and O–H groups in total. The third-order valence-electron chi connectivity index (χ3n) is 3.47. The van der Waals surface area contributed by atoms with Gasteiger partial charge in [0.25, 0.3) is 0 Å². The number of hydrogen-bond acceptors (Lipinski definition) is 5. The van der Waals surface area contributed by atoms with E-state index >= 15 is 0 Å². The van der Waals surface area contributed by atoms with E-state index in [9.17, 15) is 5.26 Å². The lowest BCUT2D eigenvalue weighted by Crippen LogP contribution is -2.03. The van der Waals surface area contributed by atoms with Gasteiger partial charge in [-0.05, 0) is 38.1 Å². The maximum atomic E-state index is 9.18. The lowest BCUT2D eigenvalue weighted by molar-refractivity contribution is 1.11. The zero-order chi connectivity index (χ0) is 16.9.